The van der Waals surface area contributed by atoms with Crippen molar-refractivity contribution in [1.29, 1.82) is 0 Å². The molecule has 3 rings (SSSR count). The number of carbonyl (C=O) groups excluding carboxylic acids is 1. The fraction of sp³-hybridized carbons (Fsp3) is 0.720. The molecular formula is C25H41N3O2. The minimum atomic E-state index is 0.229. The van der Waals surface area contributed by atoms with Crippen LogP contribution in [0.2, 0.25) is 0 Å². The van der Waals surface area contributed by atoms with E-state index in [9.17, 15) is 4.79 Å². The highest BCUT2D eigenvalue weighted by atomic mass is 16.5. The van der Waals surface area contributed by atoms with Crippen LogP contribution in [0.25, 0.3) is 0 Å². The summed E-state index contributed by atoms with van der Waals surface area (Å²) in [6.07, 6.45) is 4.79. The molecule has 0 aromatic heterocycles. The topological polar surface area (TPSA) is 36.0 Å². The van der Waals surface area contributed by atoms with Gasteiger partial charge in [-0.05, 0) is 75.8 Å². The van der Waals surface area contributed by atoms with E-state index < -0.39 is 0 Å². The van der Waals surface area contributed by atoms with Crippen molar-refractivity contribution in [3.63, 3.8) is 0 Å². The van der Waals surface area contributed by atoms with Gasteiger partial charge in [0.2, 0.25) is 5.91 Å². The molecule has 0 radical (unpaired) electrons. The smallest absolute Gasteiger partial charge is 0.236 e. The van der Waals surface area contributed by atoms with E-state index in [1.165, 1.54) is 24.0 Å². The van der Waals surface area contributed by atoms with Gasteiger partial charge in [-0.3, -0.25) is 14.6 Å². The molecule has 168 valence electrons. The monoisotopic (exact) mass is 415 g/mol. The van der Waals surface area contributed by atoms with Crippen molar-refractivity contribution in [2.45, 2.75) is 59.1 Å². The molecule has 5 heteroatoms. The van der Waals surface area contributed by atoms with Crippen molar-refractivity contribution < 1.29 is 9.53 Å². The normalized spacial score (nSPS) is 20.7. The van der Waals surface area contributed by atoms with E-state index in [4.69, 9.17) is 4.74 Å². The van der Waals surface area contributed by atoms with E-state index in [0.29, 0.717) is 12.5 Å². The molecule has 5 nitrogen and oxygen atoms in total. The van der Waals surface area contributed by atoms with Crippen LogP contribution in [0.3, 0.4) is 0 Å². The Bertz CT molecular complexity index is 648. The van der Waals surface area contributed by atoms with Crippen LogP contribution in [0.5, 0.6) is 0 Å². The number of amides is 1. The lowest BCUT2D eigenvalue weighted by atomic mass is 9.95. The Balaban J connectivity index is 1.52. The zero-order valence-corrected chi connectivity index (χ0v) is 19.3. The number of piperidine rings is 1. The summed E-state index contributed by atoms with van der Waals surface area (Å²) in [5.41, 5.74) is 2.81. The number of likely N-dealkylation sites (tertiary alicyclic amines) is 1. The van der Waals surface area contributed by atoms with Crippen molar-refractivity contribution in [3.05, 3.63) is 35.4 Å². The van der Waals surface area contributed by atoms with Gasteiger partial charge in [0.25, 0.3) is 0 Å². The van der Waals surface area contributed by atoms with Crippen molar-refractivity contribution in [3.8, 4) is 0 Å². The molecule has 1 unspecified atom stereocenters. The third-order valence-electron chi connectivity index (χ3n) is 6.89. The number of carbonyl (C=O) groups is 1. The van der Waals surface area contributed by atoms with Crippen LogP contribution in [0.1, 0.15) is 50.7 Å². The van der Waals surface area contributed by atoms with Crippen LogP contribution < -0.4 is 0 Å². The summed E-state index contributed by atoms with van der Waals surface area (Å²) in [6, 6.07) is 8.70. The fourth-order valence-corrected chi connectivity index (χ4v) is 4.72. The summed E-state index contributed by atoms with van der Waals surface area (Å²) in [6.45, 7) is 14.6. The molecule has 1 atom stereocenters. The zero-order chi connectivity index (χ0) is 21.3. The minimum Gasteiger partial charge on any atom is -0.376 e. The standard InChI is InChI=1S/C25H41N3O2/c1-4-26(5-2)20-25(29)28(19-24-11-8-16-30-24)17-22-12-14-27(15-13-22)18-23-10-7-6-9-21(23)3/h6-7,9-10,22,24H,4-5,8,11-20H2,1-3H3. The number of ether oxygens (including phenoxy) is 1. The summed E-state index contributed by atoms with van der Waals surface area (Å²) in [5, 5.41) is 0. The van der Waals surface area contributed by atoms with Crippen LogP contribution in [0, 0.1) is 12.8 Å². The molecule has 2 aliphatic heterocycles. The number of hydrogen-bond donors (Lipinski definition) is 0. The summed E-state index contributed by atoms with van der Waals surface area (Å²) < 4.78 is 5.86. The van der Waals surface area contributed by atoms with Gasteiger partial charge in [-0.25, -0.2) is 0 Å². The van der Waals surface area contributed by atoms with Gasteiger partial charge in [0, 0.05) is 26.2 Å². The van der Waals surface area contributed by atoms with E-state index >= 15 is 0 Å². The van der Waals surface area contributed by atoms with Gasteiger partial charge < -0.3 is 9.64 Å². The molecule has 0 aliphatic carbocycles. The maximum atomic E-state index is 13.1. The van der Waals surface area contributed by atoms with Gasteiger partial charge >= 0.3 is 0 Å². The molecule has 2 saturated heterocycles. The van der Waals surface area contributed by atoms with Crippen LogP contribution in [0.15, 0.2) is 24.3 Å². The average Bonchev–Trinajstić information content (AvgIpc) is 3.27. The number of hydrogen-bond acceptors (Lipinski definition) is 4. The Morgan fingerprint density at radius 3 is 2.47 bits per heavy atom. The van der Waals surface area contributed by atoms with Crippen LogP contribution >= 0.6 is 0 Å². The molecule has 2 heterocycles. The first-order chi connectivity index (χ1) is 14.6. The molecule has 0 N–H and O–H groups in total. The molecule has 0 bridgehead atoms. The summed E-state index contributed by atoms with van der Waals surface area (Å²) >= 11 is 0. The first kappa shape index (κ1) is 23.2. The molecule has 2 aliphatic rings. The van der Waals surface area contributed by atoms with Gasteiger partial charge in [0.05, 0.1) is 12.6 Å². The summed E-state index contributed by atoms with van der Waals surface area (Å²) in [7, 11) is 0. The average molecular weight is 416 g/mol. The molecule has 1 aromatic rings. The van der Waals surface area contributed by atoms with Crippen LogP contribution in [-0.2, 0) is 16.1 Å². The summed E-state index contributed by atoms with van der Waals surface area (Å²) in [5.74, 6) is 0.872. The first-order valence-corrected chi connectivity index (χ1v) is 12.0. The maximum Gasteiger partial charge on any atom is 0.236 e. The Morgan fingerprint density at radius 1 is 1.10 bits per heavy atom. The van der Waals surface area contributed by atoms with Gasteiger partial charge in [0.15, 0.2) is 0 Å². The molecule has 1 aromatic carbocycles. The highest BCUT2D eigenvalue weighted by molar-refractivity contribution is 5.78. The third kappa shape index (κ3) is 6.79. The lowest BCUT2D eigenvalue weighted by Crippen LogP contribution is -2.47. The Morgan fingerprint density at radius 2 is 1.83 bits per heavy atom. The Kier molecular flexibility index (Phi) is 9.16. The third-order valence-corrected chi connectivity index (χ3v) is 6.89. The number of benzene rings is 1. The fourth-order valence-electron chi connectivity index (χ4n) is 4.72. The Hall–Kier alpha value is -1.43. The number of aryl methyl sites for hydroxylation is 1. The van der Waals surface area contributed by atoms with Crippen LogP contribution in [-0.4, -0.2) is 79.1 Å². The highest BCUT2D eigenvalue weighted by Crippen LogP contribution is 2.22. The van der Waals surface area contributed by atoms with E-state index in [1.807, 2.05) is 0 Å². The quantitative estimate of drug-likeness (QED) is 0.585. The van der Waals surface area contributed by atoms with Gasteiger partial charge in [0.1, 0.15) is 0 Å². The molecule has 1 amide bonds. The van der Waals surface area contributed by atoms with E-state index in [2.05, 4.69) is 59.7 Å². The van der Waals surface area contributed by atoms with Crippen molar-refractivity contribution in [2.24, 2.45) is 5.92 Å². The molecule has 0 saturated carbocycles. The summed E-state index contributed by atoms with van der Waals surface area (Å²) in [4.78, 5) is 20.0. The minimum absolute atomic E-state index is 0.229. The second kappa shape index (κ2) is 11.8. The lowest BCUT2D eigenvalue weighted by Gasteiger charge is -2.36. The van der Waals surface area contributed by atoms with Gasteiger partial charge in [-0.1, -0.05) is 38.1 Å². The second-order valence-corrected chi connectivity index (χ2v) is 9.04. The Labute approximate surface area is 183 Å². The molecule has 30 heavy (non-hydrogen) atoms. The first-order valence-electron chi connectivity index (χ1n) is 12.0. The predicted octanol–water partition coefficient (Wildman–Crippen LogP) is 3.56. The van der Waals surface area contributed by atoms with Crippen LogP contribution in [0.4, 0.5) is 0 Å². The van der Waals surface area contributed by atoms with E-state index in [0.717, 1.165) is 65.3 Å². The van der Waals surface area contributed by atoms with E-state index in [1.54, 1.807) is 0 Å². The largest absolute Gasteiger partial charge is 0.376 e. The maximum absolute atomic E-state index is 13.1. The number of likely N-dealkylation sites (N-methyl/N-ethyl adjacent to an activating group) is 1. The number of rotatable bonds is 10. The number of nitrogens with zero attached hydrogens (tertiary/aromatic N) is 3. The van der Waals surface area contributed by atoms with Crippen molar-refractivity contribution in [2.75, 3.05) is 52.4 Å². The predicted molar refractivity (Wildman–Crippen MR) is 123 cm³/mol. The van der Waals surface area contributed by atoms with Crippen molar-refractivity contribution >= 4 is 5.91 Å². The lowest BCUT2D eigenvalue weighted by molar-refractivity contribution is -0.135. The van der Waals surface area contributed by atoms with Gasteiger partial charge in [-0.2, -0.15) is 0 Å². The van der Waals surface area contributed by atoms with Gasteiger partial charge in [-0.15, -0.1) is 0 Å². The highest BCUT2D eigenvalue weighted by Gasteiger charge is 2.27. The zero-order valence-electron chi connectivity index (χ0n) is 19.3. The molecule has 2 fully saturated rings. The second-order valence-electron chi connectivity index (χ2n) is 9.04. The van der Waals surface area contributed by atoms with Crippen molar-refractivity contribution in [1.82, 2.24) is 14.7 Å². The van der Waals surface area contributed by atoms with E-state index in [-0.39, 0.29) is 12.0 Å². The SMILES string of the molecule is CCN(CC)CC(=O)N(CC1CCN(Cc2ccccc2C)CC1)CC1CCCO1. The molecule has 0 spiro atoms. The molecular weight excluding hydrogens is 374 g/mol.